The summed E-state index contributed by atoms with van der Waals surface area (Å²) >= 11 is 5.75. The molecule has 0 N–H and O–H groups in total. The van der Waals surface area contributed by atoms with Gasteiger partial charge in [0.15, 0.2) is 11.5 Å². The van der Waals surface area contributed by atoms with Crippen LogP contribution in [0.5, 0.6) is 11.5 Å². The normalized spacial score (nSPS) is 13.4. The third kappa shape index (κ3) is 2.60. The fourth-order valence-corrected chi connectivity index (χ4v) is 2.01. The molecule has 16 heavy (non-hydrogen) atoms. The average molecular weight is 242 g/mol. The molecular weight excluding hydrogens is 226 g/mol. The highest BCUT2D eigenvalue weighted by molar-refractivity contribution is 6.18. The summed E-state index contributed by atoms with van der Waals surface area (Å²) in [4.78, 5) is 2.30. The van der Waals surface area contributed by atoms with Gasteiger partial charge in [0.2, 0.25) is 6.79 Å². The first-order chi connectivity index (χ1) is 7.83. The number of nitrogens with zero attached hydrogens (tertiary/aromatic N) is 1. The third-order valence-electron chi connectivity index (χ3n) is 2.69. The van der Waals surface area contributed by atoms with Crippen LogP contribution in [0.3, 0.4) is 0 Å². The topological polar surface area (TPSA) is 21.7 Å². The van der Waals surface area contributed by atoms with Crippen molar-refractivity contribution in [3.63, 3.8) is 0 Å². The zero-order valence-corrected chi connectivity index (χ0v) is 10.2. The zero-order valence-electron chi connectivity index (χ0n) is 9.41. The molecule has 4 heteroatoms. The quantitative estimate of drug-likeness (QED) is 0.740. The summed E-state index contributed by atoms with van der Waals surface area (Å²) in [5.41, 5.74) is 1.23. The Morgan fingerprint density at radius 1 is 1.31 bits per heavy atom. The summed E-state index contributed by atoms with van der Waals surface area (Å²) < 4.78 is 10.6. The molecule has 1 aromatic rings. The van der Waals surface area contributed by atoms with Crippen molar-refractivity contribution in [2.24, 2.45) is 0 Å². The highest BCUT2D eigenvalue weighted by Crippen LogP contribution is 2.32. The first-order valence-electron chi connectivity index (χ1n) is 5.50. The Kier molecular flexibility index (Phi) is 3.91. The zero-order chi connectivity index (χ0) is 11.4. The largest absolute Gasteiger partial charge is 0.454 e. The Morgan fingerprint density at radius 3 is 2.88 bits per heavy atom. The van der Waals surface area contributed by atoms with Gasteiger partial charge in [-0.25, -0.2) is 0 Å². The van der Waals surface area contributed by atoms with Crippen LogP contribution in [0.25, 0.3) is 0 Å². The van der Waals surface area contributed by atoms with E-state index in [1.807, 2.05) is 12.1 Å². The van der Waals surface area contributed by atoms with Gasteiger partial charge < -0.3 is 9.47 Å². The van der Waals surface area contributed by atoms with Crippen LogP contribution in [0, 0.1) is 0 Å². The van der Waals surface area contributed by atoms with E-state index in [-0.39, 0.29) is 0 Å². The van der Waals surface area contributed by atoms with Crippen molar-refractivity contribution in [3.8, 4) is 11.5 Å². The van der Waals surface area contributed by atoms with E-state index in [0.717, 1.165) is 31.1 Å². The smallest absolute Gasteiger partial charge is 0.231 e. The number of benzene rings is 1. The molecule has 0 atom stereocenters. The second kappa shape index (κ2) is 5.41. The minimum Gasteiger partial charge on any atom is -0.454 e. The number of alkyl halides is 1. The summed E-state index contributed by atoms with van der Waals surface area (Å²) in [5, 5.41) is 0. The highest BCUT2D eigenvalue weighted by atomic mass is 35.5. The molecule has 0 aromatic heterocycles. The van der Waals surface area contributed by atoms with Crippen molar-refractivity contribution >= 4 is 11.6 Å². The summed E-state index contributed by atoms with van der Waals surface area (Å²) in [6.45, 7) is 5.28. The molecule has 3 nitrogen and oxygen atoms in total. The van der Waals surface area contributed by atoms with Gasteiger partial charge in [-0.3, -0.25) is 4.90 Å². The lowest BCUT2D eigenvalue weighted by atomic mass is 10.2. The molecule has 0 aliphatic carbocycles. The maximum atomic E-state index is 5.75. The highest BCUT2D eigenvalue weighted by Gasteiger charge is 2.13. The SMILES string of the molecule is CCN(CCCl)Cc1ccc2c(c1)OCO2. The first-order valence-corrected chi connectivity index (χ1v) is 6.03. The standard InChI is InChI=1S/C12H16ClNO2/c1-2-14(6-5-13)8-10-3-4-11-12(7-10)16-9-15-11/h3-4,7H,2,5-6,8-9H2,1H3. The van der Waals surface area contributed by atoms with Gasteiger partial charge in [-0.15, -0.1) is 11.6 Å². The fraction of sp³-hybridized carbons (Fsp3) is 0.500. The van der Waals surface area contributed by atoms with E-state index >= 15 is 0 Å². The van der Waals surface area contributed by atoms with Gasteiger partial charge in [0.05, 0.1) is 0 Å². The predicted octanol–water partition coefficient (Wildman–Crippen LogP) is 2.48. The van der Waals surface area contributed by atoms with E-state index in [0.29, 0.717) is 12.7 Å². The molecule has 0 saturated carbocycles. The molecule has 1 aliphatic heterocycles. The van der Waals surface area contributed by atoms with Crippen molar-refractivity contribution in [2.75, 3.05) is 25.8 Å². The van der Waals surface area contributed by atoms with E-state index in [1.54, 1.807) is 0 Å². The summed E-state index contributed by atoms with van der Waals surface area (Å²) in [5.74, 6) is 2.35. The minimum absolute atomic E-state index is 0.331. The number of rotatable bonds is 5. The van der Waals surface area contributed by atoms with Crippen LogP contribution in [-0.4, -0.2) is 30.7 Å². The minimum atomic E-state index is 0.331. The van der Waals surface area contributed by atoms with Crippen LogP contribution in [0.15, 0.2) is 18.2 Å². The van der Waals surface area contributed by atoms with E-state index in [2.05, 4.69) is 17.9 Å². The number of hydrogen-bond acceptors (Lipinski definition) is 3. The molecule has 2 rings (SSSR count). The summed E-state index contributed by atoms with van der Waals surface area (Å²) in [6.07, 6.45) is 0. The van der Waals surface area contributed by atoms with Gasteiger partial charge in [-0.05, 0) is 24.2 Å². The number of fused-ring (bicyclic) bond motifs is 1. The Morgan fingerprint density at radius 2 is 2.12 bits per heavy atom. The van der Waals surface area contributed by atoms with Gasteiger partial charge in [0.25, 0.3) is 0 Å². The van der Waals surface area contributed by atoms with Gasteiger partial charge in [0, 0.05) is 19.0 Å². The van der Waals surface area contributed by atoms with E-state index in [9.17, 15) is 0 Å². The van der Waals surface area contributed by atoms with Crippen LogP contribution in [0.1, 0.15) is 12.5 Å². The molecule has 0 radical (unpaired) electrons. The molecule has 0 fully saturated rings. The number of hydrogen-bond donors (Lipinski definition) is 0. The Balaban J connectivity index is 2.04. The Hall–Kier alpha value is -0.930. The predicted molar refractivity (Wildman–Crippen MR) is 64.2 cm³/mol. The van der Waals surface area contributed by atoms with Crippen LogP contribution in [-0.2, 0) is 6.54 Å². The monoisotopic (exact) mass is 241 g/mol. The van der Waals surface area contributed by atoms with E-state index < -0.39 is 0 Å². The third-order valence-corrected chi connectivity index (χ3v) is 2.86. The van der Waals surface area contributed by atoms with Crippen molar-refractivity contribution in [3.05, 3.63) is 23.8 Å². The number of ether oxygens (including phenoxy) is 2. The maximum Gasteiger partial charge on any atom is 0.231 e. The van der Waals surface area contributed by atoms with Crippen LogP contribution >= 0.6 is 11.6 Å². The molecule has 0 unspecified atom stereocenters. The number of halogens is 1. The summed E-state index contributed by atoms with van der Waals surface area (Å²) in [7, 11) is 0. The lowest BCUT2D eigenvalue weighted by Crippen LogP contribution is -2.24. The van der Waals surface area contributed by atoms with E-state index in [4.69, 9.17) is 21.1 Å². The summed E-state index contributed by atoms with van der Waals surface area (Å²) in [6, 6.07) is 6.08. The van der Waals surface area contributed by atoms with Crippen molar-refractivity contribution < 1.29 is 9.47 Å². The van der Waals surface area contributed by atoms with Gasteiger partial charge in [-0.2, -0.15) is 0 Å². The van der Waals surface area contributed by atoms with Crippen molar-refractivity contribution in [2.45, 2.75) is 13.5 Å². The van der Waals surface area contributed by atoms with E-state index in [1.165, 1.54) is 5.56 Å². The van der Waals surface area contributed by atoms with Gasteiger partial charge in [0.1, 0.15) is 0 Å². The molecule has 0 spiro atoms. The van der Waals surface area contributed by atoms with Crippen molar-refractivity contribution in [1.82, 2.24) is 4.90 Å². The Bertz CT molecular complexity index is 357. The molecular formula is C12H16ClNO2. The molecule has 1 aromatic carbocycles. The molecule has 1 heterocycles. The average Bonchev–Trinajstić information content (AvgIpc) is 2.75. The van der Waals surface area contributed by atoms with Crippen molar-refractivity contribution in [1.29, 1.82) is 0 Å². The van der Waals surface area contributed by atoms with Gasteiger partial charge in [-0.1, -0.05) is 13.0 Å². The van der Waals surface area contributed by atoms with Crippen LogP contribution in [0.2, 0.25) is 0 Å². The maximum absolute atomic E-state index is 5.75. The molecule has 0 saturated heterocycles. The molecule has 88 valence electrons. The molecule has 0 bridgehead atoms. The Labute approximate surface area is 101 Å². The second-order valence-corrected chi connectivity index (χ2v) is 4.12. The van der Waals surface area contributed by atoms with Crippen LogP contribution < -0.4 is 9.47 Å². The first kappa shape index (κ1) is 11.6. The van der Waals surface area contributed by atoms with Crippen LogP contribution in [0.4, 0.5) is 0 Å². The molecule has 1 aliphatic rings. The lowest BCUT2D eigenvalue weighted by molar-refractivity contribution is 0.174. The fourth-order valence-electron chi connectivity index (χ4n) is 1.77. The second-order valence-electron chi connectivity index (χ2n) is 3.75. The molecule has 0 amide bonds. The van der Waals surface area contributed by atoms with Gasteiger partial charge >= 0.3 is 0 Å². The lowest BCUT2D eigenvalue weighted by Gasteiger charge is -2.19.